The monoisotopic (exact) mass is 386 g/mol. The molecule has 4 nitrogen and oxygen atoms in total. The fourth-order valence-corrected chi connectivity index (χ4v) is 3.87. The number of hydrogen-bond acceptors (Lipinski definition) is 4. The van der Waals surface area contributed by atoms with Crippen molar-refractivity contribution in [3.63, 3.8) is 0 Å². The SMILES string of the molecule is C/C(N)=C1\CCC(O)CCCC1C(=N)c1ccc(C(C)(C)OCC(C)C)cc1. The van der Waals surface area contributed by atoms with E-state index < -0.39 is 0 Å². The lowest BCUT2D eigenvalue weighted by Gasteiger charge is -2.29. The maximum atomic E-state index is 10.0. The van der Waals surface area contributed by atoms with Gasteiger partial charge >= 0.3 is 0 Å². The van der Waals surface area contributed by atoms with Crippen LogP contribution in [-0.4, -0.2) is 23.5 Å². The van der Waals surface area contributed by atoms with E-state index >= 15 is 0 Å². The van der Waals surface area contributed by atoms with E-state index in [1.54, 1.807) is 0 Å². The Morgan fingerprint density at radius 3 is 2.43 bits per heavy atom. The number of nitrogens with two attached hydrogens (primary N) is 1. The molecule has 0 bridgehead atoms. The van der Waals surface area contributed by atoms with Crippen molar-refractivity contribution in [1.82, 2.24) is 0 Å². The summed E-state index contributed by atoms with van der Waals surface area (Å²) in [5.41, 5.74) is 10.4. The normalized spacial score (nSPS) is 23.2. The lowest BCUT2D eigenvalue weighted by molar-refractivity contribution is -0.0347. The summed E-state index contributed by atoms with van der Waals surface area (Å²) in [5, 5.41) is 18.9. The van der Waals surface area contributed by atoms with Crippen molar-refractivity contribution >= 4 is 5.71 Å². The maximum absolute atomic E-state index is 10.0. The zero-order valence-electron chi connectivity index (χ0n) is 18.2. The molecule has 1 fully saturated rings. The Balaban J connectivity index is 2.19. The van der Waals surface area contributed by atoms with Gasteiger partial charge in [0, 0.05) is 17.3 Å². The molecular weight excluding hydrogens is 348 g/mol. The smallest absolute Gasteiger partial charge is 0.0875 e. The Labute approximate surface area is 170 Å². The number of allylic oxidation sites excluding steroid dienone is 2. The molecule has 4 N–H and O–H groups in total. The van der Waals surface area contributed by atoms with Crippen LogP contribution in [0, 0.1) is 17.2 Å². The minimum Gasteiger partial charge on any atom is -0.402 e. The van der Waals surface area contributed by atoms with Gasteiger partial charge in [-0.05, 0) is 75.5 Å². The molecule has 1 aliphatic carbocycles. The first kappa shape index (κ1) is 22.6. The van der Waals surface area contributed by atoms with Crippen LogP contribution in [0.4, 0.5) is 0 Å². The van der Waals surface area contributed by atoms with Crippen molar-refractivity contribution in [3.05, 3.63) is 46.7 Å². The molecule has 1 aromatic carbocycles. The Morgan fingerprint density at radius 2 is 1.86 bits per heavy atom. The van der Waals surface area contributed by atoms with Gasteiger partial charge < -0.3 is 21.0 Å². The summed E-state index contributed by atoms with van der Waals surface area (Å²) < 4.78 is 6.08. The Kier molecular flexibility index (Phi) is 7.85. The van der Waals surface area contributed by atoms with Crippen molar-refractivity contribution in [2.24, 2.45) is 17.6 Å². The van der Waals surface area contributed by atoms with Crippen LogP contribution in [-0.2, 0) is 10.3 Å². The number of rotatable bonds is 6. The zero-order chi connectivity index (χ0) is 20.9. The second kappa shape index (κ2) is 9.71. The lowest BCUT2D eigenvalue weighted by atomic mass is 9.79. The Morgan fingerprint density at radius 1 is 1.21 bits per heavy atom. The highest BCUT2D eigenvalue weighted by molar-refractivity contribution is 6.01. The molecule has 0 spiro atoms. The Hall–Kier alpha value is -1.65. The van der Waals surface area contributed by atoms with Crippen LogP contribution in [0.5, 0.6) is 0 Å². The molecule has 0 saturated heterocycles. The van der Waals surface area contributed by atoms with Gasteiger partial charge in [0.2, 0.25) is 0 Å². The first-order valence-corrected chi connectivity index (χ1v) is 10.6. The minimum absolute atomic E-state index is 0.0357. The molecule has 2 unspecified atom stereocenters. The number of aliphatic hydroxyl groups is 1. The number of aliphatic hydroxyl groups excluding tert-OH is 1. The van der Waals surface area contributed by atoms with Crippen LogP contribution in [0.15, 0.2) is 35.5 Å². The molecule has 0 radical (unpaired) electrons. The van der Waals surface area contributed by atoms with Crippen molar-refractivity contribution in [2.45, 2.75) is 78.4 Å². The van der Waals surface area contributed by atoms with E-state index in [0.29, 0.717) is 11.6 Å². The van der Waals surface area contributed by atoms with Gasteiger partial charge in [-0.2, -0.15) is 0 Å². The topological polar surface area (TPSA) is 79.3 Å². The van der Waals surface area contributed by atoms with Crippen LogP contribution < -0.4 is 5.73 Å². The number of nitrogens with one attached hydrogen (secondary N) is 1. The molecule has 2 atom stereocenters. The van der Waals surface area contributed by atoms with Gasteiger partial charge in [-0.15, -0.1) is 0 Å². The number of hydrogen-bond donors (Lipinski definition) is 3. The summed E-state index contributed by atoms with van der Waals surface area (Å²) in [4.78, 5) is 0. The summed E-state index contributed by atoms with van der Waals surface area (Å²) in [7, 11) is 0. The van der Waals surface area contributed by atoms with Gasteiger partial charge in [-0.1, -0.05) is 38.1 Å². The van der Waals surface area contributed by atoms with Gasteiger partial charge in [0.25, 0.3) is 0 Å². The van der Waals surface area contributed by atoms with Crippen LogP contribution in [0.3, 0.4) is 0 Å². The molecule has 28 heavy (non-hydrogen) atoms. The highest BCUT2D eigenvalue weighted by Crippen LogP contribution is 2.32. The largest absolute Gasteiger partial charge is 0.402 e. The average Bonchev–Trinajstić information content (AvgIpc) is 2.62. The van der Waals surface area contributed by atoms with Crippen molar-refractivity contribution in [2.75, 3.05) is 6.61 Å². The summed E-state index contributed by atoms with van der Waals surface area (Å²) in [6.07, 6.45) is 3.83. The number of benzene rings is 1. The summed E-state index contributed by atoms with van der Waals surface area (Å²) >= 11 is 0. The molecule has 0 heterocycles. The van der Waals surface area contributed by atoms with E-state index in [4.69, 9.17) is 15.9 Å². The van der Waals surface area contributed by atoms with Crippen LogP contribution >= 0.6 is 0 Å². The second-order valence-corrected chi connectivity index (χ2v) is 9.09. The molecule has 4 heteroatoms. The molecule has 0 amide bonds. The summed E-state index contributed by atoms with van der Waals surface area (Å²) in [6, 6.07) is 8.23. The van der Waals surface area contributed by atoms with Gasteiger partial charge in [-0.3, -0.25) is 0 Å². The van der Waals surface area contributed by atoms with E-state index in [0.717, 1.165) is 61.1 Å². The van der Waals surface area contributed by atoms with Crippen LogP contribution in [0.25, 0.3) is 0 Å². The first-order valence-electron chi connectivity index (χ1n) is 10.6. The van der Waals surface area contributed by atoms with Crippen molar-refractivity contribution < 1.29 is 9.84 Å². The van der Waals surface area contributed by atoms with Gasteiger partial charge in [0.05, 0.1) is 18.3 Å². The highest BCUT2D eigenvalue weighted by atomic mass is 16.5. The van der Waals surface area contributed by atoms with E-state index in [2.05, 4.69) is 39.8 Å². The molecule has 1 aromatic rings. The quantitative estimate of drug-likeness (QED) is 0.593. The second-order valence-electron chi connectivity index (χ2n) is 9.09. The maximum Gasteiger partial charge on any atom is 0.0875 e. The van der Waals surface area contributed by atoms with Crippen LogP contribution in [0.1, 0.15) is 77.8 Å². The molecule has 1 aliphatic rings. The van der Waals surface area contributed by atoms with E-state index in [9.17, 15) is 5.11 Å². The minimum atomic E-state index is -0.347. The third kappa shape index (κ3) is 5.92. The van der Waals surface area contributed by atoms with Gasteiger partial charge in [0.1, 0.15) is 0 Å². The number of ether oxygens (including phenoxy) is 1. The van der Waals surface area contributed by atoms with E-state index in [1.165, 1.54) is 0 Å². The molecular formula is C24H38N2O2. The van der Waals surface area contributed by atoms with Crippen molar-refractivity contribution in [3.8, 4) is 0 Å². The van der Waals surface area contributed by atoms with Gasteiger partial charge in [0.15, 0.2) is 0 Å². The third-order valence-corrected chi connectivity index (χ3v) is 5.72. The first-order chi connectivity index (χ1) is 13.1. The fraction of sp³-hybridized carbons (Fsp3) is 0.625. The van der Waals surface area contributed by atoms with Gasteiger partial charge in [-0.25, -0.2) is 0 Å². The molecule has 2 rings (SSSR count). The standard InChI is InChI=1S/C24H38N2O2/c1-16(2)15-28-24(4,5)19-11-9-18(10-12-19)23(26)22-8-6-7-20(27)13-14-21(22)17(3)25/h9-12,16,20,22,26-27H,6-8,13-15,25H2,1-5H3/b21-17-,26-23?. The third-order valence-electron chi connectivity index (χ3n) is 5.72. The zero-order valence-corrected chi connectivity index (χ0v) is 18.2. The highest BCUT2D eigenvalue weighted by Gasteiger charge is 2.26. The van der Waals surface area contributed by atoms with Crippen LogP contribution in [0.2, 0.25) is 0 Å². The molecule has 156 valence electrons. The lowest BCUT2D eigenvalue weighted by Crippen LogP contribution is -2.25. The van der Waals surface area contributed by atoms with E-state index in [1.807, 2.05) is 19.1 Å². The van der Waals surface area contributed by atoms with E-state index in [-0.39, 0.29) is 17.6 Å². The average molecular weight is 387 g/mol. The summed E-state index contributed by atoms with van der Waals surface area (Å²) in [6.45, 7) is 11.1. The molecule has 0 aromatic heterocycles. The van der Waals surface area contributed by atoms with Crippen molar-refractivity contribution in [1.29, 1.82) is 5.41 Å². The fourth-order valence-electron chi connectivity index (χ4n) is 3.87. The molecule has 1 saturated carbocycles. The molecule has 0 aliphatic heterocycles. The summed E-state index contributed by atoms with van der Waals surface area (Å²) in [5.74, 6) is 0.530. The Bertz CT molecular complexity index is 685. The predicted molar refractivity (Wildman–Crippen MR) is 117 cm³/mol. The predicted octanol–water partition coefficient (Wildman–Crippen LogP) is 5.14.